The minimum Gasteiger partial charge on any atom is -0.490 e. The van der Waals surface area contributed by atoms with E-state index in [2.05, 4.69) is 0 Å². The van der Waals surface area contributed by atoms with Crippen LogP contribution < -0.4 is 4.74 Å². The van der Waals surface area contributed by atoms with Crippen LogP contribution in [0.25, 0.3) is 0 Å². The van der Waals surface area contributed by atoms with Gasteiger partial charge in [0, 0.05) is 0 Å². The predicted molar refractivity (Wildman–Crippen MR) is 48.3 cm³/mol. The first-order valence-electron chi connectivity index (χ1n) is 4.17. The molecule has 0 aromatic heterocycles. The van der Waals surface area contributed by atoms with Crippen LogP contribution >= 0.6 is 0 Å². The Morgan fingerprint density at radius 3 is 2.86 bits per heavy atom. The molecule has 5 nitrogen and oxygen atoms in total. The van der Waals surface area contributed by atoms with Crippen LogP contribution in [0, 0.1) is 10.1 Å². The molecule has 0 saturated carbocycles. The molecule has 14 heavy (non-hydrogen) atoms. The predicted octanol–water partition coefficient (Wildman–Crippen LogP) is 1.67. The summed E-state index contributed by atoms with van der Waals surface area (Å²) in [6.07, 6.45) is -0.134. The summed E-state index contributed by atoms with van der Waals surface area (Å²) in [5.41, 5.74) is 0.604. The Labute approximate surface area is 80.4 Å². The first-order chi connectivity index (χ1) is 6.74. The molecule has 74 valence electrons. The summed E-state index contributed by atoms with van der Waals surface area (Å²) in [5, 5.41) is 10.8. The van der Waals surface area contributed by atoms with Gasteiger partial charge in [0.1, 0.15) is 6.10 Å². The standard InChI is InChI=1S/C9H9NO4/c1-13-7-4-2-3-6(8-5-14-8)9(7)10(11)12/h2-4,8H,5H2,1H3/t8-/m0/s1. The zero-order valence-electron chi connectivity index (χ0n) is 7.60. The van der Waals surface area contributed by atoms with Crippen LogP contribution in [0.4, 0.5) is 5.69 Å². The molecule has 0 amide bonds. The number of nitro groups is 1. The fourth-order valence-electron chi connectivity index (χ4n) is 1.39. The third-order valence-electron chi connectivity index (χ3n) is 2.11. The van der Waals surface area contributed by atoms with E-state index in [1.165, 1.54) is 7.11 Å². The van der Waals surface area contributed by atoms with Crippen molar-refractivity contribution in [3.8, 4) is 5.75 Å². The van der Waals surface area contributed by atoms with Crippen molar-refractivity contribution >= 4 is 5.69 Å². The largest absolute Gasteiger partial charge is 0.490 e. The molecule has 1 saturated heterocycles. The smallest absolute Gasteiger partial charge is 0.316 e. The Morgan fingerprint density at radius 2 is 2.36 bits per heavy atom. The Morgan fingerprint density at radius 1 is 1.64 bits per heavy atom. The van der Waals surface area contributed by atoms with Gasteiger partial charge in [-0.3, -0.25) is 10.1 Å². The number of nitrogens with zero attached hydrogens (tertiary/aromatic N) is 1. The number of benzene rings is 1. The monoisotopic (exact) mass is 195 g/mol. The van der Waals surface area contributed by atoms with Gasteiger partial charge in [0.25, 0.3) is 0 Å². The van der Waals surface area contributed by atoms with Crippen molar-refractivity contribution in [3.63, 3.8) is 0 Å². The van der Waals surface area contributed by atoms with Gasteiger partial charge in [-0.2, -0.15) is 0 Å². The van der Waals surface area contributed by atoms with Gasteiger partial charge in [-0.05, 0) is 12.1 Å². The van der Waals surface area contributed by atoms with Gasteiger partial charge in [-0.15, -0.1) is 0 Å². The third kappa shape index (κ3) is 1.42. The molecule has 0 bridgehead atoms. The van der Waals surface area contributed by atoms with Crippen molar-refractivity contribution in [2.45, 2.75) is 6.10 Å². The molecule has 1 atom stereocenters. The summed E-state index contributed by atoms with van der Waals surface area (Å²) in [6, 6.07) is 4.99. The van der Waals surface area contributed by atoms with Gasteiger partial charge in [0.05, 0.1) is 24.2 Å². The molecule has 0 N–H and O–H groups in total. The zero-order valence-corrected chi connectivity index (χ0v) is 7.60. The van der Waals surface area contributed by atoms with Crippen molar-refractivity contribution in [2.75, 3.05) is 13.7 Å². The molecule has 1 aliphatic rings. The highest BCUT2D eigenvalue weighted by atomic mass is 16.6. The van der Waals surface area contributed by atoms with Gasteiger partial charge in [-0.25, -0.2) is 0 Å². The number of ether oxygens (including phenoxy) is 2. The number of hydrogen-bond donors (Lipinski definition) is 0. The van der Waals surface area contributed by atoms with Crippen LogP contribution in [0.1, 0.15) is 11.7 Å². The van der Waals surface area contributed by atoms with Crippen LogP contribution in [-0.2, 0) is 4.74 Å². The molecule has 1 aliphatic heterocycles. The lowest BCUT2D eigenvalue weighted by Crippen LogP contribution is -1.98. The molecule has 1 heterocycles. The lowest BCUT2D eigenvalue weighted by Gasteiger charge is -2.04. The fraction of sp³-hybridized carbons (Fsp3) is 0.333. The van der Waals surface area contributed by atoms with Crippen molar-refractivity contribution < 1.29 is 14.4 Å². The summed E-state index contributed by atoms with van der Waals surface area (Å²) in [6.45, 7) is 0.550. The molecule has 1 aromatic carbocycles. The number of nitro benzene ring substituents is 1. The lowest BCUT2D eigenvalue weighted by atomic mass is 10.1. The van der Waals surface area contributed by atoms with Crippen LogP contribution in [0.15, 0.2) is 18.2 Å². The van der Waals surface area contributed by atoms with Gasteiger partial charge in [0.15, 0.2) is 5.75 Å². The highest BCUT2D eigenvalue weighted by Crippen LogP contribution is 2.40. The molecule has 0 spiro atoms. The van der Waals surface area contributed by atoms with E-state index in [1.807, 2.05) is 0 Å². The summed E-state index contributed by atoms with van der Waals surface area (Å²) in [7, 11) is 1.42. The second-order valence-electron chi connectivity index (χ2n) is 2.98. The quantitative estimate of drug-likeness (QED) is 0.418. The van der Waals surface area contributed by atoms with Crippen molar-refractivity contribution in [3.05, 3.63) is 33.9 Å². The normalized spacial score (nSPS) is 19.1. The van der Waals surface area contributed by atoms with Gasteiger partial charge >= 0.3 is 5.69 Å². The second kappa shape index (κ2) is 3.26. The molecule has 5 heteroatoms. The van der Waals surface area contributed by atoms with E-state index >= 15 is 0 Å². The summed E-state index contributed by atoms with van der Waals surface area (Å²) >= 11 is 0. The number of para-hydroxylation sites is 1. The molecule has 0 radical (unpaired) electrons. The average molecular weight is 195 g/mol. The molecular weight excluding hydrogens is 186 g/mol. The Hall–Kier alpha value is -1.62. The number of rotatable bonds is 3. The molecular formula is C9H9NO4. The van der Waals surface area contributed by atoms with Crippen LogP contribution in [-0.4, -0.2) is 18.6 Å². The lowest BCUT2D eigenvalue weighted by molar-refractivity contribution is -0.386. The molecule has 0 aliphatic carbocycles. The molecule has 2 rings (SSSR count). The topological polar surface area (TPSA) is 64.9 Å². The third-order valence-corrected chi connectivity index (χ3v) is 2.11. The molecule has 1 aromatic rings. The van der Waals surface area contributed by atoms with E-state index in [9.17, 15) is 10.1 Å². The first-order valence-corrected chi connectivity index (χ1v) is 4.17. The molecule has 0 unspecified atom stereocenters. The maximum absolute atomic E-state index is 10.8. The fourth-order valence-corrected chi connectivity index (χ4v) is 1.39. The van der Waals surface area contributed by atoms with Crippen molar-refractivity contribution in [1.82, 2.24) is 0 Å². The van der Waals surface area contributed by atoms with Crippen LogP contribution in [0.3, 0.4) is 0 Å². The molecule has 1 fully saturated rings. The van der Waals surface area contributed by atoms with Crippen molar-refractivity contribution in [1.29, 1.82) is 0 Å². The summed E-state index contributed by atoms with van der Waals surface area (Å²) in [4.78, 5) is 10.4. The van der Waals surface area contributed by atoms with E-state index in [0.29, 0.717) is 12.2 Å². The SMILES string of the molecule is COc1cccc([C@@H]2CO2)c1[N+](=O)[O-]. The maximum Gasteiger partial charge on any atom is 0.316 e. The van der Waals surface area contributed by atoms with Crippen LogP contribution in [0.2, 0.25) is 0 Å². The Kier molecular flexibility index (Phi) is 2.09. The number of hydrogen-bond acceptors (Lipinski definition) is 4. The van der Waals surface area contributed by atoms with E-state index in [1.54, 1.807) is 18.2 Å². The zero-order chi connectivity index (χ0) is 10.1. The van der Waals surface area contributed by atoms with Crippen molar-refractivity contribution in [2.24, 2.45) is 0 Å². The summed E-state index contributed by atoms with van der Waals surface area (Å²) < 4.78 is 9.95. The highest BCUT2D eigenvalue weighted by molar-refractivity contribution is 5.54. The van der Waals surface area contributed by atoms with E-state index < -0.39 is 4.92 Å². The number of epoxide rings is 1. The minimum atomic E-state index is -0.435. The minimum absolute atomic E-state index is 0.0116. The van der Waals surface area contributed by atoms with E-state index in [0.717, 1.165) is 0 Å². The van der Waals surface area contributed by atoms with Gasteiger partial charge in [-0.1, -0.05) is 6.07 Å². The van der Waals surface area contributed by atoms with Crippen LogP contribution in [0.5, 0.6) is 5.75 Å². The first kappa shape index (κ1) is 8.96. The summed E-state index contributed by atoms with van der Waals surface area (Å²) in [5.74, 6) is 0.281. The maximum atomic E-state index is 10.8. The Bertz CT molecular complexity index is 373. The van der Waals surface area contributed by atoms with Gasteiger partial charge in [0.2, 0.25) is 0 Å². The van der Waals surface area contributed by atoms with Gasteiger partial charge < -0.3 is 9.47 Å². The number of methoxy groups -OCH3 is 1. The van der Waals surface area contributed by atoms with E-state index in [4.69, 9.17) is 9.47 Å². The van der Waals surface area contributed by atoms with E-state index in [-0.39, 0.29) is 17.5 Å². The highest BCUT2D eigenvalue weighted by Gasteiger charge is 2.34. The average Bonchev–Trinajstić information content (AvgIpc) is 2.99. The second-order valence-corrected chi connectivity index (χ2v) is 2.98. The Balaban J connectivity index is 2.52.